The minimum absolute atomic E-state index is 0. The Morgan fingerprint density at radius 3 is 0.364 bits per heavy atom. The van der Waals surface area contributed by atoms with E-state index < -0.39 is 0 Å². The molecule has 11 heavy (non-hydrogen) atoms. The summed E-state index contributed by atoms with van der Waals surface area (Å²) in [5.74, 6) is 0. The number of carbonyl (C=O) groups is 5. The molecule has 0 aliphatic rings. The molecule has 0 atom stereocenters. The van der Waals surface area contributed by atoms with Crippen molar-refractivity contribution in [2.24, 2.45) is 0 Å². The van der Waals surface area contributed by atoms with Gasteiger partial charge in [0.2, 0.25) is 0 Å². The van der Waals surface area contributed by atoms with Gasteiger partial charge in [-0.25, -0.2) is 0 Å². The molecule has 5 nitrogen and oxygen atoms in total. The first kappa shape index (κ1) is 52.0. The van der Waals surface area contributed by atoms with Crippen molar-refractivity contribution in [3.05, 3.63) is 0 Å². The van der Waals surface area contributed by atoms with Crippen molar-refractivity contribution in [2.75, 3.05) is 0 Å². The molecule has 1 radical (unpaired) electrons. The van der Waals surface area contributed by atoms with E-state index in [9.17, 15) is 0 Å². The van der Waals surface area contributed by atoms with Crippen molar-refractivity contribution in [2.45, 2.75) is 0 Å². The summed E-state index contributed by atoms with van der Waals surface area (Å²) in [5.41, 5.74) is 0. The Kier molecular flexibility index (Phi) is 1980. The SMILES string of the molecule is C=O.C=O.C=O.C=O.C=O.[Co]. The summed E-state index contributed by atoms with van der Waals surface area (Å²) >= 11 is 0. The molecule has 0 aliphatic carbocycles. The fraction of sp³-hybridized carbons (Fsp3) is 0. The van der Waals surface area contributed by atoms with Gasteiger partial charge in [0, 0.05) is 16.8 Å². The third-order valence-corrected chi connectivity index (χ3v) is 0. The average Bonchev–Trinajstić information content (AvgIpc) is 2.20. The second kappa shape index (κ2) is 418. The molecule has 6 heteroatoms. The van der Waals surface area contributed by atoms with Crippen LogP contribution in [-0.2, 0) is 40.8 Å². The topological polar surface area (TPSA) is 85.3 Å². The van der Waals surface area contributed by atoms with Crippen LogP contribution in [0.1, 0.15) is 0 Å². The Balaban J connectivity index is -0.00000000694. The van der Waals surface area contributed by atoms with Crippen LogP contribution in [0.25, 0.3) is 0 Å². The van der Waals surface area contributed by atoms with Gasteiger partial charge in [-0.05, 0) is 0 Å². The molecule has 69 valence electrons. The van der Waals surface area contributed by atoms with Crippen LogP contribution in [0.2, 0.25) is 0 Å². The van der Waals surface area contributed by atoms with E-state index in [2.05, 4.69) is 0 Å². The second-order valence-electron chi connectivity index (χ2n) is 0. The molecule has 0 saturated carbocycles. The van der Waals surface area contributed by atoms with Gasteiger partial charge < -0.3 is 24.0 Å². The normalized spacial score (nSPS) is 1.82. The molecule has 0 heterocycles. The van der Waals surface area contributed by atoms with Gasteiger partial charge in [-0.3, -0.25) is 0 Å². The van der Waals surface area contributed by atoms with Gasteiger partial charge >= 0.3 is 0 Å². The predicted molar refractivity (Wildman–Crippen MR) is 35.6 cm³/mol. The van der Waals surface area contributed by atoms with Crippen LogP contribution in [-0.4, -0.2) is 33.9 Å². The molecule has 0 aromatic rings. The minimum atomic E-state index is 0. The number of rotatable bonds is 0. The van der Waals surface area contributed by atoms with E-state index in [0.717, 1.165) is 0 Å². The Morgan fingerprint density at radius 1 is 0.364 bits per heavy atom. The van der Waals surface area contributed by atoms with Crippen LogP contribution < -0.4 is 0 Å². The number of hydrogen-bond donors (Lipinski definition) is 0. The zero-order valence-electron chi connectivity index (χ0n) is 5.91. The Morgan fingerprint density at radius 2 is 0.364 bits per heavy atom. The first-order chi connectivity index (χ1) is 5.00. The maximum Gasteiger partial charge on any atom is 0.106 e. The van der Waals surface area contributed by atoms with Gasteiger partial charge in [-0.1, -0.05) is 0 Å². The van der Waals surface area contributed by atoms with Crippen molar-refractivity contribution in [1.82, 2.24) is 0 Å². The van der Waals surface area contributed by atoms with E-state index in [1.807, 2.05) is 33.9 Å². The molecule has 0 spiro atoms. The van der Waals surface area contributed by atoms with Gasteiger partial charge in [0.25, 0.3) is 0 Å². The fourth-order valence-electron chi connectivity index (χ4n) is 0. The first-order valence-corrected chi connectivity index (χ1v) is 1.44. The Hall–Kier alpha value is -1.14. The molecule has 0 N–H and O–H groups in total. The fourth-order valence-corrected chi connectivity index (χ4v) is 0. The standard InChI is InChI=1S/5CH2O.Co/c5*1-2;/h5*1H2;. The van der Waals surface area contributed by atoms with Gasteiger partial charge in [0.1, 0.15) is 33.9 Å². The molecule has 0 unspecified atom stereocenters. The van der Waals surface area contributed by atoms with Crippen molar-refractivity contribution in [3.8, 4) is 0 Å². The summed E-state index contributed by atoms with van der Waals surface area (Å²) in [5, 5.41) is 0. The van der Waals surface area contributed by atoms with Crippen molar-refractivity contribution >= 4 is 33.9 Å². The van der Waals surface area contributed by atoms with Gasteiger partial charge in [0.05, 0.1) is 0 Å². The molecule has 0 bridgehead atoms. The molecule has 0 amide bonds. The van der Waals surface area contributed by atoms with Crippen molar-refractivity contribution in [3.63, 3.8) is 0 Å². The zero-order chi connectivity index (χ0) is 10.0. The number of carbonyl (C=O) groups excluding carboxylic acids is 5. The van der Waals surface area contributed by atoms with Gasteiger partial charge in [-0.15, -0.1) is 0 Å². The van der Waals surface area contributed by atoms with E-state index in [4.69, 9.17) is 24.0 Å². The Bertz CT molecular complexity index is 26.4. The summed E-state index contributed by atoms with van der Waals surface area (Å²) in [6.45, 7) is 10.0. The van der Waals surface area contributed by atoms with Crippen LogP contribution >= 0.6 is 0 Å². The third kappa shape index (κ3) is 318. The number of hydrogen-bond acceptors (Lipinski definition) is 5. The molecular formula is C5H10CoO5. The monoisotopic (exact) mass is 209 g/mol. The summed E-state index contributed by atoms with van der Waals surface area (Å²) in [7, 11) is 0. The zero-order valence-corrected chi connectivity index (χ0v) is 6.95. The van der Waals surface area contributed by atoms with Crippen LogP contribution in [0.15, 0.2) is 0 Å². The van der Waals surface area contributed by atoms with E-state index in [1.54, 1.807) is 0 Å². The van der Waals surface area contributed by atoms with Crippen LogP contribution in [0, 0.1) is 0 Å². The van der Waals surface area contributed by atoms with Crippen LogP contribution in [0.4, 0.5) is 0 Å². The largest absolute Gasteiger partial charge is 0.307 e. The van der Waals surface area contributed by atoms with Crippen molar-refractivity contribution < 1.29 is 40.8 Å². The van der Waals surface area contributed by atoms with E-state index in [0.29, 0.717) is 0 Å². The third-order valence-electron chi connectivity index (χ3n) is 0. The maximum absolute atomic E-state index is 8.00. The quantitative estimate of drug-likeness (QED) is 0.514. The predicted octanol–water partition coefficient (Wildman–Crippen LogP) is -0.927. The summed E-state index contributed by atoms with van der Waals surface area (Å²) in [6, 6.07) is 0. The van der Waals surface area contributed by atoms with Crippen LogP contribution in [0.3, 0.4) is 0 Å². The maximum atomic E-state index is 8.00. The van der Waals surface area contributed by atoms with Gasteiger partial charge in [0.15, 0.2) is 0 Å². The molecule has 0 fully saturated rings. The molecule has 0 rings (SSSR count). The van der Waals surface area contributed by atoms with Crippen molar-refractivity contribution in [1.29, 1.82) is 0 Å². The molecular weight excluding hydrogens is 199 g/mol. The van der Waals surface area contributed by atoms with E-state index >= 15 is 0 Å². The molecule has 0 saturated heterocycles. The first-order valence-electron chi connectivity index (χ1n) is 1.44. The molecule has 0 aromatic heterocycles. The van der Waals surface area contributed by atoms with E-state index in [1.165, 1.54) is 0 Å². The van der Waals surface area contributed by atoms with Crippen LogP contribution in [0.5, 0.6) is 0 Å². The summed E-state index contributed by atoms with van der Waals surface area (Å²) < 4.78 is 0. The molecule has 0 aromatic carbocycles. The minimum Gasteiger partial charge on any atom is -0.307 e. The average molecular weight is 209 g/mol. The second-order valence-corrected chi connectivity index (χ2v) is 0. The molecule has 0 aliphatic heterocycles. The summed E-state index contributed by atoms with van der Waals surface area (Å²) in [6.07, 6.45) is 0. The summed E-state index contributed by atoms with van der Waals surface area (Å²) in [4.78, 5) is 40.0. The smallest absolute Gasteiger partial charge is 0.106 e. The Labute approximate surface area is 75.3 Å². The van der Waals surface area contributed by atoms with Gasteiger partial charge in [-0.2, -0.15) is 0 Å². The van der Waals surface area contributed by atoms with E-state index in [-0.39, 0.29) is 16.8 Å².